The Morgan fingerprint density at radius 1 is 0.425 bits per heavy atom. The molecule has 12 nitrogen and oxygen atoms in total. The van der Waals surface area contributed by atoms with Gasteiger partial charge in [-0.2, -0.15) is 0 Å². The Morgan fingerprint density at radius 3 is 1.10 bits per heavy atom. The molecule has 3 atom stereocenters. The van der Waals surface area contributed by atoms with E-state index in [1.165, 1.54) is 21.0 Å². The summed E-state index contributed by atoms with van der Waals surface area (Å²) in [4.78, 5) is 62.6. The van der Waals surface area contributed by atoms with Gasteiger partial charge >= 0.3 is 29.8 Å². The number of ether oxygens (including phenoxy) is 5. The van der Waals surface area contributed by atoms with E-state index in [2.05, 4.69) is 242 Å². The Bertz CT molecular complexity index is 3450. The first kappa shape index (κ1) is 61.5. The second-order valence-corrected chi connectivity index (χ2v) is 12.3. The molecule has 2 N–H and O–H groups in total. The molecule has 0 saturated carbocycles. The predicted octanol–water partition coefficient (Wildman–Crippen LogP) is 0.0166. The lowest BCUT2D eigenvalue weighted by Crippen LogP contribution is -2.44. The summed E-state index contributed by atoms with van der Waals surface area (Å²) in [6, 6.07) is -0.865. The number of methoxy groups -OCH3 is 1. The first-order chi connectivity index (χ1) is 35.5. The van der Waals surface area contributed by atoms with Gasteiger partial charge in [0.15, 0.2) is 0 Å². The number of nitrogens with zero attached hydrogens (tertiary/aromatic N) is 1. The lowest BCUT2D eigenvalue weighted by molar-refractivity contribution is -0.158. The van der Waals surface area contributed by atoms with Crippen LogP contribution in [0.2, 0.25) is 0 Å². The van der Waals surface area contributed by atoms with Crippen LogP contribution in [0.4, 0.5) is 0 Å². The van der Waals surface area contributed by atoms with Gasteiger partial charge in [-0.3, -0.25) is 19.3 Å². The van der Waals surface area contributed by atoms with Gasteiger partial charge in [-0.05, 0) is 223 Å². The second-order valence-electron chi connectivity index (χ2n) is 12.3. The molecule has 0 rings (SSSR count). The highest BCUT2D eigenvalue weighted by Gasteiger charge is 2.25. The van der Waals surface area contributed by atoms with Crippen molar-refractivity contribution in [3.63, 3.8) is 0 Å². The zero-order valence-corrected chi connectivity index (χ0v) is 40.0. The van der Waals surface area contributed by atoms with E-state index < -0.39 is 54.7 Å². The average molecular weight is 957 g/mol. The highest BCUT2D eigenvalue weighted by atomic mass is 16.6. The lowest BCUT2D eigenvalue weighted by Gasteiger charge is -2.30. The number of carbonyl (C=O) groups is 5. The highest BCUT2D eigenvalue weighted by Crippen LogP contribution is 2.09. The van der Waals surface area contributed by atoms with Crippen LogP contribution in [0.25, 0.3) is 0 Å². The van der Waals surface area contributed by atoms with Crippen molar-refractivity contribution >= 4 is 29.8 Å². The number of carbonyl (C=O) groups excluding carboxylic acids is 5. The number of rotatable bonds is 16. The van der Waals surface area contributed by atoms with E-state index in [4.69, 9.17) is 24.7 Å². The maximum Gasteiger partial charge on any atom is 0.385 e. The molecule has 0 aliphatic heterocycles. The van der Waals surface area contributed by atoms with Gasteiger partial charge in [0, 0.05) is 62.5 Å². The van der Waals surface area contributed by atoms with Crippen LogP contribution in [0.3, 0.4) is 0 Å². The van der Waals surface area contributed by atoms with E-state index in [0.29, 0.717) is 12.8 Å². The predicted molar refractivity (Wildman–Crippen MR) is 270 cm³/mol. The Hall–Kier alpha value is -11.5. The Kier molecular flexibility index (Phi) is 38.4. The van der Waals surface area contributed by atoms with Gasteiger partial charge in [0.2, 0.25) is 0 Å². The van der Waals surface area contributed by atoms with Crippen molar-refractivity contribution in [3.8, 4) is 237 Å². The molecule has 0 aliphatic carbocycles. The second kappa shape index (κ2) is 45.6. The summed E-state index contributed by atoms with van der Waals surface area (Å²) in [5, 5.41) is 0. The van der Waals surface area contributed by atoms with Gasteiger partial charge in [-0.1, -0.05) is 18.3 Å². The Morgan fingerprint density at radius 2 is 0.753 bits per heavy atom. The van der Waals surface area contributed by atoms with E-state index in [0.717, 1.165) is 0 Å². The SMILES string of the molecule is CC#CC#CC#CC#CC#CC#CC#CC#CC#CC#CC(=O)OCC(CN(CCCCC(N)C(=O)OC)CC(COC(C)=O)OC(C)=O)OC(=O)C#CC#CC#CC#CC#CC#CC#CC#CC#CC#CC. The topological polar surface area (TPSA) is 161 Å². The van der Waals surface area contributed by atoms with Crippen molar-refractivity contribution in [1.29, 1.82) is 0 Å². The van der Waals surface area contributed by atoms with Gasteiger partial charge in [0.05, 0.1) is 7.11 Å². The van der Waals surface area contributed by atoms with E-state index >= 15 is 0 Å². The van der Waals surface area contributed by atoms with E-state index in [-0.39, 0.29) is 32.7 Å². The van der Waals surface area contributed by atoms with Crippen LogP contribution in [-0.2, 0) is 47.7 Å². The number of hydrogen-bond donors (Lipinski definition) is 1. The highest BCUT2D eigenvalue weighted by molar-refractivity contribution is 5.90. The molecule has 12 heteroatoms. The van der Waals surface area contributed by atoms with Crippen molar-refractivity contribution in [3.05, 3.63) is 0 Å². The quantitative estimate of drug-likeness (QED) is 0.0728. The third kappa shape index (κ3) is 42.8. The molecule has 3 unspecified atom stereocenters. The number of nitrogens with two attached hydrogens (primary N) is 1. The molecule has 0 radical (unpaired) electrons. The molecule has 0 aromatic carbocycles. The molecule has 0 amide bonds. The largest absolute Gasteiger partial charge is 0.468 e. The summed E-state index contributed by atoms with van der Waals surface area (Å²) in [6.45, 7) is 4.96. The van der Waals surface area contributed by atoms with Crippen LogP contribution >= 0.6 is 0 Å². The average Bonchev–Trinajstić information content (AvgIpc) is 3.36. The molecule has 0 bridgehead atoms. The number of esters is 5. The van der Waals surface area contributed by atoms with Crippen LogP contribution in [-0.4, -0.2) is 93.0 Å². The van der Waals surface area contributed by atoms with Gasteiger partial charge in [0.25, 0.3) is 0 Å². The van der Waals surface area contributed by atoms with Crippen LogP contribution in [0.1, 0.15) is 47.0 Å². The number of hydrogen-bond acceptors (Lipinski definition) is 12. The minimum Gasteiger partial charge on any atom is -0.468 e. The van der Waals surface area contributed by atoms with Crippen LogP contribution < -0.4 is 5.73 Å². The maximum atomic E-state index is 12.9. The molecular weight excluding hydrogens is 921 g/mol. The monoisotopic (exact) mass is 956 g/mol. The molecule has 0 aromatic rings. The standard InChI is InChI=1S/C61H36N2O10/c1-6-8-10-12-14-16-18-20-22-24-26-28-30-32-34-36-38-40-42-47-59(66)71-53-57(51-63(49-45-44-46-58(62)61(68)69-5)50-56(72-55(4)65)52-70-54(3)64)73-60(67)48-43-41-39-37-35-33-31-29-27-25-23-21-19-17-15-13-11-9-7-2/h56-58H,44-46,49-53,62H2,1-5H3. The fourth-order valence-electron chi connectivity index (χ4n) is 4.17. The smallest absolute Gasteiger partial charge is 0.385 e. The van der Waals surface area contributed by atoms with Crippen LogP contribution in [0.5, 0.6) is 0 Å². The minimum atomic E-state index is -1.19. The van der Waals surface area contributed by atoms with E-state index in [9.17, 15) is 24.0 Å². The molecule has 0 fully saturated rings. The van der Waals surface area contributed by atoms with Crippen molar-refractivity contribution in [2.75, 3.05) is 40.0 Å². The van der Waals surface area contributed by atoms with Crippen LogP contribution in [0.15, 0.2) is 0 Å². The molecule has 0 heterocycles. The molecule has 0 spiro atoms. The normalized spacial score (nSPS) is 8.26. The van der Waals surface area contributed by atoms with Crippen molar-refractivity contribution in [2.24, 2.45) is 5.73 Å². The fourth-order valence-corrected chi connectivity index (χ4v) is 4.17. The summed E-state index contributed by atoms with van der Waals surface area (Å²) < 4.78 is 26.0. The van der Waals surface area contributed by atoms with Gasteiger partial charge in [-0.25, -0.2) is 9.59 Å². The zero-order valence-electron chi connectivity index (χ0n) is 40.0. The fraction of sp³-hybridized carbons (Fsp3) is 0.262. The molecule has 73 heavy (non-hydrogen) atoms. The Labute approximate surface area is 428 Å². The summed E-state index contributed by atoms with van der Waals surface area (Å²) in [6.07, 6.45) is -0.988. The van der Waals surface area contributed by atoms with Gasteiger partial charge in [0.1, 0.15) is 31.5 Å². The van der Waals surface area contributed by atoms with Crippen LogP contribution in [0, 0.1) is 237 Å². The van der Waals surface area contributed by atoms with Gasteiger partial charge in [-0.15, -0.1) is 0 Å². The third-order valence-corrected chi connectivity index (χ3v) is 6.85. The third-order valence-electron chi connectivity index (χ3n) is 6.85. The Balaban J connectivity index is 6.21. The molecular formula is C61H36N2O10. The molecule has 0 aliphatic rings. The van der Waals surface area contributed by atoms with Crippen molar-refractivity contribution < 1.29 is 47.7 Å². The van der Waals surface area contributed by atoms with Gasteiger partial charge < -0.3 is 29.4 Å². The van der Waals surface area contributed by atoms with E-state index in [1.54, 1.807) is 18.7 Å². The number of unbranched alkanes of at least 4 members (excludes halogenated alkanes) is 1. The van der Waals surface area contributed by atoms with Crippen molar-refractivity contribution in [1.82, 2.24) is 4.90 Å². The zero-order chi connectivity index (χ0) is 53.7. The first-order valence-corrected chi connectivity index (χ1v) is 20.6. The lowest BCUT2D eigenvalue weighted by atomic mass is 10.1. The summed E-state index contributed by atoms with van der Waals surface area (Å²) in [7, 11) is 1.22. The minimum absolute atomic E-state index is 0.0354. The van der Waals surface area contributed by atoms with E-state index in [1.807, 2.05) is 0 Å². The first-order valence-electron chi connectivity index (χ1n) is 20.6. The molecule has 0 aromatic heterocycles. The maximum absolute atomic E-state index is 12.9. The van der Waals surface area contributed by atoms with Crippen molar-refractivity contribution in [2.45, 2.75) is 65.2 Å². The summed E-state index contributed by atoms with van der Waals surface area (Å²) >= 11 is 0. The molecule has 0 saturated heterocycles. The molecule has 350 valence electrons. The summed E-state index contributed by atoms with van der Waals surface area (Å²) in [5.41, 5.74) is 5.89. The summed E-state index contributed by atoms with van der Waals surface area (Å²) in [5.74, 6) is 94.1.